The molecule has 0 atom stereocenters. The first-order chi connectivity index (χ1) is 15.5. The molecule has 1 N–H and O–H groups in total. The number of amides is 2. The first-order valence-electron chi connectivity index (χ1n) is 11.0. The summed E-state index contributed by atoms with van der Waals surface area (Å²) in [4.78, 5) is 29.5. The van der Waals surface area contributed by atoms with Gasteiger partial charge in [0, 0.05) is 44.0 Å². The molecule has 1 aliphatic heterocycles. The highest BCUT2D eigenvalue weighted by Gasteiger charge is 2.27. The molecule has 4 rings (SSSR count). The van der Waals surface area contributed by atoms with Crippen LogP contribution in [-0.4, -0.2) is 70.2 Å². The number of carbonyl (C=O) groups is 2. The number of hydrogen-bond donors (Lipinski definition) is 1. The van der Waals surface area contributed by atoms with Crippen LogP contribution in [0.2, 0.25) is 0 Å². The Morgan fingerprint density at radius 3 is 2.19 bits per heavy atom. The van der Waals surface area contributed by atoms with Gasteiger partial charge in [0.1, 0.15) is 5.69 Å². The third-order valence-electron chi connectivity index (χ3n) is 5.49. The molecule has 0 saturated carbocycles. The van der Waals surface area contributed by atoms with E-state index in [0.717, 1.165) is 11.3 Å². The number of rotatable bonds is 6. The molecule has 1 aliphatic rings. The van der Waals surface area contributed by atoms with Crippen molar-refractivity contribution in [2.45, 2.75) is 19.9 Å². The molecule has 7 heteroatoms. The molecule has 0 unspecified atom stereocenters. The molecule has 0 spiro atoms. The minimum Gasteiger partial charge on any atom is -0.353 e. The zero-order valence-corrected chi connectivity index (χ0v) is 18.6. The summed E-state index contributed by atoms with van der Waals surface area (Å²) in [6.45, 7) is 6.77. The third-order valence-corrected chi connectivity index (χ3v) is 5.49. The molecule has 7 nitrogen and oxygen atoms in total. The highest BCUT2D eigenvalue weighted by Crippen LogP contribution is 2.25. The predicted molar refractivity (Wildman–Crippen MR) is 125 cm³/mol. The quantitative estimate of drug-likeness (QED) is 0.652. The van der Waals surface area contributed by atoms with Gasteiger partial charge in [0.2, 0.25) is 5.91 Å². The Bertz CT molecular complexity index is 1050. The van der Waals surface area contributed by atoms with Crippen LogP contribution in [0.4, 0.5) is 0 Å². The highest BCUT2D eigenvalue weighted by atomic mass is 16.2. The van der Waals surface area contributed by atoms with Crippen molar-refractivity contribution >= 4 is 11.8 Å². The average molecular weight is 432 g/mol. The van der Waals surface area contributed by atoms with Gasteiger partial charge in [-0.2, -0.15) is 5.10 Å². The van der Waals surface area contributed by atoms with Gasteiger partial charge in [-0.3, -0.25) is 14.5 Å². The van der Waals surface area contributed by atoms with Gasteiger partial charge in [-0.1, -0.05) is 48.5 Å². The van der Waals surface area contributed by atoms with E-state index in [0.29, 0.717) is 44.0 Å². The number of para-hydroxylation sites is 1. The summed E-state index contributed by atoms with van der Waals surface area (Å²) >= 11 is 0. The van der Waals surface area contributed by atoms with Crippen molar-refractivity contribution in [3.8, 4) is 16.9 Å². The summed E-state index contributed by atoms with van der Waals surface area (Å²) in [5.74, 6) is -0.00686. The topological polar surface area (TPSA) is 70.5 Å². The Balaban J connectivity index is 1.52. The van der Waals surface area contributed by atoms with Crippen LogP contribution < -0.4 is 5.32 Å². The fourth-order valence-electron chi connectivity index (χ4n) is 3.90. The highest BCUT2D eigenvalue weighted by molar-refractivity contribution is 6.00. The van der Waals surface area contributed by atoms with E-state index in [1.807, 2.05) is 85.6 Å². The van der Waals surface area contributed by atoms with Crippen molar-refractivity contribution in [2.75, 3.05) is 32.7 Å². The first kappa shape index (κ1) is 21.8. The monoisotopic (exact) mass is 431 g/mol. The fraction of sp³-hybridized carbons (Fsp3) is 0.320. The molecule has 0 bridgehead atoms. The number of benzene rings is 2. The Morgan fingerprint density at radius 1 is 0.938 bits per heavy atom. The minimum atomic E-state index is -0.0303. The molecule has 0 radical (unpaired) electrons. The van der Waals surface area contributed by atoms with Crippen molar-refractivity contribution < 1.29 is 9.59 Å². The number of nitrogens with zero attached hydrogens (tertiary/aromatic N) is 4. The molecular formula is C25H29N5O2. The molecule has 2 heterocycles. The van der Waals surface area contributed by atoms with Gasteiger partial charge >= 0.3 is 0 Å². The number of carbonyl (C=O) groups excluding carboxylic acids is 2. The molecule has 1 saturated heterocycles. The van der Waals surface area contributed by atoms with Crippen molar-refractivity contribution in [1.82, 2.24) is 24.9 Å². The summed E-state index contributed by atoms with van der Waals surface area (Å²) in [5, 5.41) is 7.68. The molecule has 2 aromatic carbocycles. The van der Waals surface area contributed by atoms with Crippen molar-refractivity contribution in [2.24, 2.45) is 0 Å². The molecule has 2 amide bonds. The van der Waals surface area contributed by atoms with Crippen LogP contribution in [0, 0.1) is 0 Å². The fourth-order valence-corrected chi connectivity index (χ4v) is 3.90. The van der Waals surface area contributed by atoms with Gasteiger partial charge in [-0.15, -0.1) is 0 Å². The van der Waals surface area contributed by atoms with E-state index in [4.69, 9.17) is 5.10 Å². The zero-order valence-electron chi connectivity index (χ0n) is 18.6. The Labute approximate surface area is 188 Å². The summed E-state index contributed by atoms with van der Waals surface area (Å²) in [7, 11) is 0. The second kappa shape index (κ2) is 9.78. The average Bonchev–Trinajstić information content (AvgIpc) is 3.25. The van der Waals surface area contributed by atoms with E-state index in [1.165, 1.54) is 0 Å². The van der Waals surface area contributed by atoms with Gasteiger partial charge in [0.25, 0.3) is 5.91 Å². The number of piperazine rings is 1. The first-order valence-corrected chi connectivity index (χ1v) is 11.0. The SMILES string of the molecule is CC(C)NC(=O)CN1CCN(C(=O)c2cn(-c3ccccc3)nc2-c2ccccc2)CC1. The van der Waals surface area contributed by atoms with Crippen LogP contribution in [0.1, 0.15) is 24.2 Å². The lowest BCUT2D eigenvalue weighted by molar-refractivity contribution is -0.123. The van der Waals surface area contributed by atoms with Crippen molar-refractivity contribution in [3.05, 3.63) is 72.4 Å². The Hall–Kier alpha value is -3.45. The second-order valence-corrected chi connectivity index (χ2v) is 8.33. The Kier molecular flexibility index (Phi) is 6.66. The molecule has 3 aromatic rings. The van der Waals surface area contributed by atoms with Gasteiger partial charge in [-0.05, 0) is 26.0 Å². The predicted octanol–water partition coefficient (Wildman–Crippen LogP) is 2.82. The molecule has 166 valence electrons. The summed E-state index contributed by atoms with van der Waals surface area (Å²) in [6, 6.07) is 19.7. The van der Waals surface area contributed by atoms with Crippen LogP contribution in [-0.2, 0) is 4.79 Å². The lowest BCUT2D eigenvalue weighted by Crippen LogP contribution is -2.51. The lowest BCUT2D eigenvalue weighted by Gasteiger charge is -2.34. The van der Waals surface area contributed by atoms with Gasteiger partial charge < -0.3 is 10.2 Å². The van der Waals surface area contributed by atoms with Crippen LogP contribution >= 0.6 is 0 Å². The maximum atomic E-state index is 13.5. The standard InChI is InChI=1S/C25H29N5O2/c1-19(2)26-23(31)18-28-13-15-29(16-14-28)25(32)22-17-30(21-11-7-4-8-12-21)27-24(22)20-9-5-3-6-10-20/h3-12,17,19H,13-16,18H2,1-2H3,(H,26,31). The smallest absolute Gasteiger partial charge is 0.257 e. The van der Waals surface area contributed by atoms with Crippen LogP contribution in [0.3, 0.4) is 0 Å². The van der Waals surface area contributed by atoms with Crippen LogP contribution in [0.5, 0.6) is 0 Å². The van der Waals surface area contributed by atoms with E-state index in [9.17, 15) is 9.59 Å². The number of aromatic nitrogens is 2. The maximum absolute atomic E-state index is 13.5. The van der Waals surface area contributed by atoms with Gasteiger partial charge in [0.05, 0.1) is 17.8 Å². The van der Waals surface area contributed by atoms with E-state index >= 15 is 0 Å². The van der Waals surface area contributed by atoms with Crippen LogP contribution in [0.25, 0.3) is 16.9 Å². The molecule has 0 aliphatic carbocycles. The second-order valence-electron chi connectivity index (χ2n) is 8.33. The number of hydrogen-bond acceptors (Lipinski definition) is 4. The third kappa shape index (κ3) is 5.06. The summed E-state index contributed by atoms with van der Waals surface area (Å²) in [6.07, 6.45) is 1.82. The van der Waals surface area contributed by atoms with E-state index in [1.54, 1.807) is 4.68 Å². The molecule has 32 heavy (non-hydrogen) atoms. The molecular weight excluding hydrogens is 402 g/mol. The van der Waals surface area contributed by atoms with Crippen molar-refractivity contribution in [3.63, 3.8) is 0 Å². The van der Waals surface area contributed by atoms with E-state index in [2.05, 4.69) is 10.2 Å². The van der Waals surface area contributed by atoms with E-state index in [-0.39, 0.29) is 17.9 Å². The normalized spacial score (nSPS) is 14.5. The Morgan fingerprint density at radius 2 is 1.56 bits per heavy atom. The zero-order chi connectivity index (χ0) is 22.5. The molecule has 1 fully saturated rings. The van der Waals surface area contributed by atoms with Gasteiger partial charge in [0.15, 0.2) is 0 Å². The summed E-state index contributed by atoms with van der Waals surface area (Å²) < 4.78 is 1.77. The molecule has 1 aromatic heterocycles. The van der Waals surface area contributed by atoms with Crippen molar-refractivity contribution in [1.29, 1.82) is 0 Å². The maximum Gasteiger partial charge on any atom is 0.257 e. The van der Waals surface area contributed by atoms with E-state index < -0.39 is 0 Å². The van der Waals surface area contributed by atoms with Crippen LogP contribution in [0.15, 0.2) is 66.9 Å². The minimum absolute atomic E-state index is 0.0234. The lowest BCUT2D eigenvalue weighted by atomic mass is 10.1. The largest absolute Gasteiger partial charge is 0.353 e. The summed E-state index contributed by atoms with van der Waals surface area (Å²) in [5.41, 5.74) is 3.09. The number of nitrogens with one attached hydrogen (secondary N) is 1. The van der Waals surface area contributed by atoms with Gasteiger partial charge in [-0.25, -0.2) is 4.68 Å².